The number of alkyl halides is 3. The summed E-state index contributed by atoms with van der Waals surface area (Å²) in [6.45, 7) is 3.85. The Kier molecular flexibility index (Phi) is 6.04. The molecule has 1 N–H and O–H groups in total. The van der Waals surface area contributed by atoms with Crippen molar-refractivity contribution < 1.29 is 17.9 Å². The quantitative estimate of drug-likeness (QED) is 0.390. The molecule has 0 aliphatic heterocycles. The zero-order valence-corrected chi connectivity index (χ0v) is 18.3. The lowest BCUT2D eigenvalue weighted by molar-refractivity contribution is -0.137. The molecule has 0 bridgehead atoms. The predicted molar refractivity (Wildman–Crippen MR) is 120 cm³/mol. The fourth-order valence-corrected chi connectivity index (χ4v) is 3.44. The largest absolute Gasteiger partial charge is 0.494 e. The SMILES string of the molecule is CCc1cnc(Nc2ccc(-n3cnc(C)c3)c(OC)c2)nc1-c1ccc(C(F)(F)F)cc1. The number of aryl methyl sites for hydroxylation is 2. The number of methoxy groups -OCH3 is 1. The molecule has 170 valence electrons. The van der Waals surface area contributed by atoms with Crippen LogP contribution in [0.2, 0.25) is 0 Å². The second-order valence-corrected chi connectivity index (χ2v) is 7.43. The van der Waals surface area contributed by atoms with Gasteiger partial charge in [0, 0.05) is 29.7 Å². The van der Waals surface area contributed by atoms with Crippen molar-refractivity contribution in [1.29, 1.82) is 0 Å². The summed E-state index contributed by atoms with van der Waals surface area (Å²) in [4.78, 5) is 13.2. The molecule has 4 aromatic rings. The molecule has 0 unspecified atom stereocenters. The van der Waals surface area contributed by atoms with Crippen LogP contribution in [-0.2, 0) is 12.6 Å². The van der Waals surface area contributed by atoms with Gasteiger partial charge in [-0.05, 0) is 43.2 Å². The monoisotopic (exact) mass is 453 g/mol. The highest BCUT2D eigenvalue weighted by atomic mass is 19.4. The topological polar surface area (TPSA) is 64.9 Å². The Balaban J connectivity index is 1.64. The first kappa shape index (κ1) is 22.3. The highest BCUT2D eigenvalue weighted by molar-refractivity contribution is 5.67. The van der Waals surface area contributed by atoms with Crippen LogP contribution in [0.4, 0.5) is 24.8 Å². The molecule has 6 nitrogen and oxygen atoms in total. The third kappa shape index (κ3) is 4.82. The minimum atomic E-state index is -4.38. The maximum absolute atomic E-state index is 12.9. The van der Waals surface area contributed by atoms with Crippen molar-refractivity contribution in [3.05, 3.63) is 78.0 Å². The third-order valence-corrected chi connectivity index (χ3v) is 5.16. The van der Waals surface area contributed by atoms with Gasteiger partial charge in [-0.3, -0.25) is 0 Å². The molecular formula is C24H22F3N5O. The summed E-state index contributed by atoms with van der Waals surface area (Å²) in [7, 11) is 1.58. The number of nitrogens with zero attached hydrogens (tertiary/aromatic N) is 4. The standard InChI is InChI=1S/C24H22F3N5O/c1-4-16-12-28-23(31-22(16)17-5-7-18(8-6-17)24(25,26)27)30-19-9-10-20(21(11-19)33-3)32-13-15(2)29-14-32/h5-14H,4H2,1-3H3,(H,28,30,31). The lowest BCUT2D eigenvalue weighted by Crippen LogP contribution is -2.05. The molecule has 0 saturated heterocycles. The molecule has 0 aliphatic carbocycles. The number of benzene rings is 2. The van der Waals surface area contributed by atoms with Crippen LogP contribution in [0.25, 0.3) is 16.9 Å². The molecule has 33 heavy (non-hydrogen) atoms. The number of nitrogens with one attached hydrogen (secondary N) is 1. The van der Waals surface area contributed by atoms with Crippen LogP contribution in [0, 0.1) is 6.92 Å². The first-order valence-electron chi connectivity index (χ1n) is 10.3. The van der Waals surface area contributed by atoms with Crippen LogP contribution < -0.4 is 10.1 Å². The fraction of sp³-hybridized carbons (Fsp3) is 0.208. The summed E-state index contributed by atoms with van der Waals surface area (Å²) in [5, 5.41) is 3.15. The zero-order chi connectivity index (χ0) is 23.6. The van der Waals surface area contributed by atoms with Gasteiger partial charge in [-0.2, -0.15) is 13.2 Å². The van der Waals surface area contributed by atoms with Crippen LogP contribution in [0.1, 0.15) is 23.7 Å². The number of rotatable bonds is 6. The molecule has 0 spiro atoms. The van der Waals surface area contributed by atoms with Gasteiger partial charge in [0.25, 0.3) is 0 Å². The molecule has 0 aliphatic rings. The van der Waals surface area contributed by atoms with Crippen molar-refractivity contribution in [2.45, 2.75) is 26.4 Å². The second kappa shape index (κ2) is 8.93. The average molecular weight is 453 g/mol. The summed E-state index contributed by atoms with van der Waals surface area (Å²) in [6, 6.07) is 10.6. The van der Waals surface area contributed by atoms with Gasteiger partial charge in [0.05, 0.1) is 36.1 Å². The van der Waals surface area contributed by atoms with Crippen molar-refractivity contribution in [3.8, 4) is 22.7 Å². The minimum Gasteiger partial charge on any atom is -0.494 e. The number of anilines is 2. The highest BCUT2D eigenvalue weighted by Gasteiger charge is 2.30. The van der Waals surface area contributed by atoms with Gasteiger partial charge in [-0.25, -0.2) is 15.0 Å². The Morgan fingerprint density at radius 2 is 1.82 bits per heavy atom. The minimum absolute atomic E-state index is 0.329. The van der Waals surface area contributed by atoms with E-state index in [0.29, 0.717) is 35.1 Å². The summed E-state index contributed by atoms with van der Waals surface area (Å²) >= 11 is 0. The first-order valence-corrected chi connectivity index (χ1v) is 10.3. The molecule has 2 aromatic carbocycles. The zero-order valence-electron chi connectivity index (χ0n) is 18.3. The molecular weight excluding hydrogens is 431 g/mol. The summed E-state index contributed by atoms with van der Waals surface area (Å²) in [5.41, 5.74) is 3.74. The normalized spacial score (nSPS) is 11.5. The van der Waals surface area contributed by atoms with Gasteiger partial charge >= 0.3 is 6.18 Å². The van der Waals surface area contributed by atoms with E-state index < -0.39 is 11.7 Å². The molecule has 0 fully saturated rings. The Morgan fingerprint density at radius 1 is 1.06 bits per heavy atom. The van der Waals surface area contributed by atoms with Crippen molar-refractivity contribution in [1.82, 2.24) is 19.5 Å². The smallest absolute Gasteiger partial charge is 0.416 e. The van der Waals surface area contributed by atoms with E-state index in [0.717, 1.165) is 29.1 Å². The highest BCUT2D eigenvalue weighted by Crippen LogP contribution is 2.32. The lowest BCUT2D eigenvalue weighted by atomic mass is 10.0. The molecule has 0 amide bonds. The van der Waals surface area contributed by atoms with Crippen molar-refractivity contribution in [2.24, 2.45) is 0 Å². The fourth-order valence-electron chi connectivity index (χ4n) is 3.44. The van der Waals surface area contributed by atoms with Gasteiger partial charge in [-0.1, -0.05) is 19.1 Å². The second-order valence-electron chi connectivity index (χ2n) is 7.43. The van der Waals surface area contributed by atoms with Crippen molar-refractivity contribution in [2.75, 3.05) is 12.4 Å². The van der Waals surface area contributed by atoms with Gasteiger partial charge in [0.15, 0.2) is 0 Å². The van der Waals surface area contributed by atoms with Crippen LogP contribution in [-0.4, -0.2) is 26.6 Å². The average Bonchev–Trinajstić information content (AvgIpc) is 3.24. The molecule has 0 radical (unpaired) electrons. The molecule has 9 heteroatoms. The van der Waals surface area contributed by atoms with E-state index >= 15 is 0 Å². The molecule has 2 heterocycles. The summed E-state index contributed by atoms with van der Waals surface area (Å²) in [6.07, 6.45) is 1.55. The summed E-state index contributed by atoms with van der Waals surface area (Å²) < 4.78 is 46.2. The Morgan fingerprint density at radius 3 is 2.42 bits per heavy atom. The first-order chi connectivity index (χ1) is 15.8. The van der Waals surface area contributed by atoms with Gasteiger partial charge in [0.2, 0.25) is 5.95 Å². The molecule has 0 atom stereocenters. The third-order valence-electron chi connectivity index (χ3n) is 5.16. The van der Waals surface area contributed by atoms with Crippen LogP contribution >= 0.6 is 0 Å². The Labute approximate surface area is 189 Å². The van der Waals surface area contributed by atoms with E-state index in [1.54, 1.807) is 19.6 Å². The van der Waals surface area contributed by atoms with Crippen molar-refractivity contribution >= 4 is 11.6 Å². The van der Waals surface area contributed by atoms with E-state index in [-0.39, 0.29) is 0 Å². The van der Waals surface area contributed by atoms with E-state index in [1.807, 2.05) is 42.8 Å². The van der Waals surface area contributed by atoms with Gasteiger partial charge in [-0.15, -0.1) is 0 Å². The lowest BCUT2D eigenvalue weighted by Gasteiger charge is -2.14. The van der Waals surface area contributed by atoms with Crippen LogP contribution in [0.5, 0.6) is 5.75 Å². The van der Waals surface area contributed by atoms with Crippen LogP contribution in [0.3, 0.4) is 0 Å². The number of hydrogen-bond acceptors (Lipinski definition) is 5. The summed E-state index contributed by atoms with van der Waals surface area (Å²) in [5.74, 6) is 0.959. The van der Waals surface area contributed by atoms with Gasteiger partial charge in [0.1, 0.15) is 5.75 Å². The number of hydrogen-bond donors (Lipinski definition) is 1. The van der Waals surface area contributed by atoms with Crippen LogP contribution in [0.15, 0.2) is 61.2 Å². The molecule has 2 aromatic heterocycles. The Hall–Kier alpha value is -3.88. The van der Waals surface area contributed by atoms with E-state index in [9.17, 15) is 13.2 Å². The maximum Gasteiger partial charge on any atom is 0.416 e. The van der Waals surface area contributed by atoms with E-state index in [1.165, 1.54) is 12.1 Å². The van der Waals surface area contributed by atoms with E-state index in [2.05, 4.69) is 20.3 Å². The predicted octanol–water partition coefficient (Wildman–Crippen LogP) is 5.97. The van der Waals surface area contributed by atoms with Gasteiger partial charge < -0.3 is 14.6 Å². The number of imidazole rings is 1. The molecule has 0 saturated carbocycles. The van der Waals surface area contributed by atoms with E-state index in [4.69, 9.17) is 4.74 Å². The number of ether oxygens (including phenoxy) is 1. The number of halogens is 3. The van der Waals surface area contributed by atoms with Crippen molar-refractivity contribution in [3.63, 3.8) is 0 Å². The maximum atomic E-state index is 12.9. The number of aromatic nitrogens is 4. The molecule has 4 rings (SSSR count). The Bertz CT molecular complexity index is 1270.